The maximum absolute atomic E-state index is 13.7. The fourth-order valence-corrected chi connectivity index (χ4v) is 4.71. The fraction of sp³-hybridized carbons (Fsp3) is 0.200. The monoisotopic (exact) mass is 487 g/mol. The molecule has 1 aliphatic heterocycles. The van der Waals surface area contributed by atoms with Crippen molar-refractivity contribution in [2.24, 2.45) is 0 Å². The minimum absolute atomic E-state index is 0.0156. The molecule has 3 aromatic heterocycles. The zero-order valence-electron chi connectivity index (χ0n) is 18.8. The van der Waals surface area contributed by atoms with Crippen molar-refractivity contribution in [3.63, 3.8) is 0 Å². The number of hydrogen-bond donors (Lipinski definition) is 1. The molecule has 176 valence electrons. The summed E-state index contributed by atoms with van der Waals surface area (Å²) < 4.78 is 1.61. The first-order chi connectivity index (χ1) is 17.1. The molecule has 0 spiro atoms. The summed E-state index contributed by atoms with van der Waals surface area (Å²) in [6.45, 7) is 4.35. The number of alkyl halides is 1. The second kappa shape index (κ2) is 9.63. The van der Waals surface area contributed by atoms with Gasteiger partial charge in [0, 0.05) is 6.54 Å². The van der Waals surface area contributed by atoms with Gasteiger partial charge in [-0.2, -0.15) is 0 Å². The van der Waals surface area contributed by atoms with Gasteiger partial charge in [0.05, 0.1) is 35.2 Å². The number of hydrogen-bond acceptors (Lipinski definition) is 7. The van der Waals surface area contributed by atoms with Crippen molar-refractivity contribution in [2.75, 3.05) is 11.4 Å². The van der Waals surface area contributed by atoms with Crippen LogP contribution in [-0.4, -0.2) is 36.0 Å². The van der Waals surface area contributed by atoms with Gasteiger partial charge in [0.2, 0.25) is 0 Å². The smallest absolute Gasteiger partial charge is 0.263 e. The number of fused-ring (bicyclic) bond motifs is 1. The highest BCUT2D eigenvalue weighted by Gasteiger charge is 2.34. The Bertz CT molecular complexity index is 1540. The van der Waals surface area contributed by atoms with E-state index in [1.807, 2.05) is 35.2 Å². The molecule has 1 unspecified atom stereocenters. The van der Waals surface area contributed by atoms with E-state index in [1.54, 1.807) is 22.8 Å². The molecule has 35 heavy (non-hydrogen) atoms. The highest BCUT2D eigenvalue weighted by Crippen LogP contribution is 2.36. The van der Waals surface area contributed by atoms with E-state index < -0.39 is 0 Å². The van der Waals surface area contributed by atoms with Crippen molar-refractivity contribution >= 4 is 34.5 Å². The Balaban J connectivity index is 1.77. The van der Waals surface area contributed by atoms with Crippen molar-refractivity contribution in [3.05, 3.63) is 99.5 Å². The first-order valence-electron chi connectivity index (χ1n) is 11.2. The van der Waals surface area contributed by atoms with Crippen molar-refractivity contribution in [3.8, 4) is 5.69 Å². The summed E-state index contributed by atoms with van der Waals surface area (Å²) in [5.41, 5.74) is 1.33. The lowest BCUT2D eigenvalue weighted by Crippen LogP contribution is -2.34. The Morgan fingerprint density at radius 1 is 1.17 bits per heavy atom. The zero-order valence-corrected chi connectivity index (χ0v) is 19.5. The summed E-state index contributed by atoms with van der Waals surface area (Å²) in [6.07, 6.45) is 9.34. The molecule has 1 aromatic carbocycles. The molecule has 1 saturated heterocycles. The predicted molar refractivity (Wildman–Crippen MR) is 136 cm³/mol. The fourth-order valence-electron chi connectivity index (χ4n) is 4.46. The Kier molecular flexibility index (Phi) is 6.24. The normalized spacial score (nSPS) is 15.8. The standard InChI is InChI=1S/C25H22ClN7O2/c1-2-3-10-18-17(13-26)25(35)33(16-8-5-4-6-9-16)22(31-18)19-11-7-12-32(19)23-20-21(27-14-29-23)28-15-30-24(20)34/h2-6,8-10,14-15,19H,1,7,11-13H2,(H,27,28,29,30,34)/b10-3-. The molecular weight excluding hydrogens is 466 g/mol. The molecule has 1 atom stereocenters. The lowest BCUT2D eigenvalue weighted by molar-refractivity contribution is 0.624. The average Bonchev–Trinajstić information content (AvgIpc) is 3.37. The molecule has 10 heteroatoms. The molecule has 0 bridgehead atoms. The molecule has 0 saturated carbocycles. The number of allylic oxidation sites excluding steroid dienone is 2. The maximum atomic E-state index is 13.7. The minimum Gasteiger partial charge on any atom is -0.346 e. The summed E-state index contributed by atoms with van der Waals surface area (Å²) in [7, 11) is 0. The number of anilines is 1. The molecule has 1 fully saturated rings. The molecule has 0 amide bonds. The van der Waals surface area contributed by atoms with E-state index in [-0.39, 0.29) is 23.0 Å². The molecule has 9 nitrogen and oxygen atoms in total. The Labute approximate surface area is 205 Å². The summed E-state index contributed by atoms with van der Waals surface area (Å²) in [4.78, 5) is 48.8. The van der Waals surface area contributed by atoms with E-state index in [9.17, 15) is 9.59 Å². The van der Waals surface area contributed by atoms with E-state index in [0.29, 0.717) is 52.6 Å². The predicted octanol–water partition coefficient (Wildman–Crippen LogP) is 3.54. The topological polar surface area (TPSA) is 110 Å². The summed E-state index contributed by atoms with van der Waals surface area (Å²) in [6, 6.07) is 9.02. The van der Waals surface area contributed by atoms with E-state index in [1.165, 1.54) is 12.7 Å². The van der Waals surface area contributed by atoms with Gasteiger partial charge >= 0.3 is 0 Å². The first kappa shape index (κ1) is 22.7. The number of aromatic nitrogens is 6. The van der Waals surface area contributed by atoms with Crippen LogP contribution >= 0.6 is 11.6 Å². The Hall–Kier alpha value is -4.11. The molecule has 1 aliphatic rings. The van der Waals surface area contributed by atoms with Crippen LogP contribution in [0, 0.1) is 0 Å². The van der Waals surface area contributed by atoms with E-state index in [2.05, 4.69) is 26.5 Å². The second-order valence-corrected chi connectivity index (χ2v) is 8.28. The number of benzene rings is 1. The van der Waals surface area contributed by atoms with Gasteiger partial charge in [0.25, 0.3) is 11.1 Å². The largest absolute Gasteiger partial charge is 0.346 e. The average molecular weight is 488 g/mol. The number of nitrogens with zero attached hydrogens (tertiary/aromatic N) is 6. The molecule has 0 aliphatic carbocycles. The van der Waals surface area contributed by atoms with Crippen LogP contribution in [-0.2, 0) is 5.88 Å². The quantitative estimate of drug-likeness (QED) is 0.327. The van der Waals surface area contributed by atoms with Gasteiger partial charge in [-0.1, -0.05) is 36.9 Å². The van der Waals surface area contributed by atoms with Crippen molar-refractivity contribution in [1.82, 2.24) is 29.5 Å². The Morgan fingerprint density at radius 3 is 2.77 bits per heavy atom. The summed E-state index contributed by atoms with van der Waals surface area (Å²) >= 11 is 6.21. The van der Waals surface area contributed by atoms with Crippen molar-refractivity contribution in [2.45, 2.75) is 24.8 Å². The number of aromatic amines is 1. The third kappa shape index (κ3) is 4.04. The number of para-hydroxylation sites is 1. The lowest BCUT2D eigenvalue weighted by atomic mass is 10.1. The molecule has 4 heterocycles. The van der Waals surface area contributed by atoms with Crippen molar-refractivity contribution < 1.29 is 0 Å². The highest BCUT2D eigenvalue weighted by molar-refractivity contribution is 6.17. The molecule has 0 radical (unpaired) electrons. The summed E-state index contributed by atoms with van der Waals surface area (Å²) in [5.74, 6) is 1.02. The van der Waals surface area contributed by atoms with Crippen LogP contribution in [0.5, 0.6) is 0 Å². The van der Waals surface area contributed by atoms with Gasteiger partial charge in [0.15, 0.2) is 5.65 Å². The lowest BCUT2D eigenvalue weighted by Gasteiger charge is -2.28. The molecule has 4 aromatic rings. The summed E-state index contributed by atoms with van der Waals surface area (Å²) in [5, 5.41) is 0.305. The highest BCUT2D eigenvalue weighted by atomic mass is 35.5. The third-order valence-corrected chi connectivity index (χ3v) is 6.28. The molecule has 1 N–H and O–H groups in total. The van der Waals surface area contributed by atoms with E-state index in [0.717, 1.165) is 6.42 Å². The van der Waals surface area contributed by atoms with Crippen LogP contribution in [0.1, 0.15) is 36.0 Å². The SMILES string of the molecule is C=C/C=C\c1nc(C2CCCN2c2ncnc3nc[nH]c(=O)c23)n(-c2ccccc2)c(=O)c1CCl. The van der Waals surface area contributed by atoms with Crippen LogP contribution in [0.15, 0.2) is 71.3 Å². The number of nitrogens with one attached hydrogen (secondary N) is 1. The second-order valence-electron chi connectivity index (χ2n) is 8.02. The van der Waals surface area contributed by atoms with Crippen LogP contribution in [0.25, 0.3) is 22.8 Å². The third-order valence-electron chi connectivity index (χ3n) is 6.01. The van der Waals surface area contributed by atoms with Crippen LogP contribution in [0.3, 0.4) is 0 Å². The first-order valence-corrected chi connectivity index (χ1v) is 11.7. The van der Waals surface area contributed by atoms with Gasteiger partial charge < -0.3 is 9.88 Å². The van der Waals surface area contributed by atoms with E-state index in [4.69, 9.17) is 16.6 Å². The minimum atomic E-state index is -0.322. The number of H-pyrrole nitrogens is 1. The van der Waals surface area contributed by atoms with Crippen molar-refractivity contribution in [1.29, 1.82) is 0 Å². The van der Waals surface area contributed by atoms with Gasteiger partial charge in [-0.05, 0) is 31.1 Å². The zero-order chi connectivity index (χ0) is 24.4. The molecular formula is C25H22ClN7O2. The van der Waals surface area contributed by atoms with Crippen LogP contribution in [0.4, 0.5) is 5.82 Å². The Morgan fingerprint density at radius 2 is 2.00 bits per heavy atom. The maximum Gasteiger partial charge on any atom is 0.263 e. The van der Waals surface area contributed by atoms with Crippen LogP contribution < -0.4 is 16.0 Å². The number of rotatable bonds is 6. The number of halogens is 1. The van der Waals surface area contributed by atoms with Crippen LogP contribution in [0.2, 0.25) is 0 Å². The van der Waals surface area contributed by atoms with Gasteiger partial charge in [0.1, 0.15) is 23.4 Å². The van der Waals surface area contributed by atoms with Gasteiger partial charge in [-0.3, -0.25) is 14.2 Å². The van der Waals surface area contributed by atoms with Gasteiger partial charge in [-0.15, -0.1) is 11.6 Å². The van der Waals surface area contributed by atoms with Gasteiger partial charge in [-0.25, -0.2) is 19.9 Å². The molecule has 5 rings (SSSR count). The van der Waals surface area contributed by atoms with E-state index >= 15 is 0 Å².